The van der Waals surface area contributed by atoms with E-state index in [2.05, 4.69) is 40.1 Å². The molecule has 20 heavy (non-hydrogen) atoms. The van der Waals surface area contributed by atoms with Gasteiger partial charge in [0.1, 0.15) is 10.5 Å². The standard InChI is InChI=1S/C16H15N3S/c1-2-4-15-18-14(10-16(20)19-15)12-6-7-13-11(9-12)5-3-8-17-13/h3,5-10H,2,4H2,1H3,(H,18,19,20). The molecule has 0 spiro atoms. The first kappa shape index (κ1) is 12.9. The molecule has 0 amide bonds. The number of fused-ring (bicyclic) bond motifs is 1. The summed E-state index contributed by atoms with van der Waals surface area (Å²) in [4.78, 5) is 12.1. The fourth-order valence-electron chi connectivity index (χ4n) is 2.26. The molecular formula is C16H15N3S. The Morgan fingerprint density at radius 1 is 1.20 bits per heavy atom. The lowest BCUT2D eigenvalue weighted by Crippen LogP contribution is -1.97. The summed E-state index contributed by atoms with van der Waals surface area (Å²) >= 11 is 5.25. The van der Waals surface area contributed by atoms with Gasteiger partial charge in [-0.3, -0.25) is 4.98 Å². The summed E-state index contributed by atoms with van der Waals surface area (Å²) in [6.07, 6.45) is 3.76. The van der Waals surface area contributed by atoms with Crippen molar-refractivity contribution in [1.82, 2.24) is 15.0 Å². The van der Waals surface area contributed by atoms with Crippen molar-refractivity contribution < 1.29 is 0 Å². The quantitative estimate of drug-likeness (QED) is 0.727. The van der Waals surface area contributed by atoms with Gasteiger partial charge in [-0.05, 0) is 36.2 Å². The first-order chi connectivity index (χ1) is 9.76. The monoisotopic (exact) mass is 281 g/mol. The second kappa shape index (κ2) is 5.51. The van der Waals surface area contributed by atoms with Gasteiger partial charge < -0.3 is 4.98 Å². The van der Waals surface area contributed by atoms with E-state index in [-0.39, 0.29) is 0 Å². The van der Waals surface area contributed by atoms with E-state index < -0.39 is 0 Å². The summed E-state index contributed by atoms with van der Waals surface area (Å²) in [7, 11) is 0. The summed E-state index contributed by atoms with van der Waals surface area (Å²) in [5.74, 6) is 0.946. The van der Waals surface area contributed by atoms with Crippen LogP contribution >= 0.6 is 12.2 Å². The number of hydrogen-bond acceptors (Lipinski definition) is 3. The van der Waals surface area contributed by atoms with Gasteiger partial charge in [0.2, 0.25) is 0 Å². The number of pyridine rings is 1. The number of nitrogens with zero attached hydrogens (tertiary/aromatic N) is 2. The molecule has 2 aromatic heterocycles. The first-order valence-electron chi connectivity index (χ1n) is 6.71. The lowest BCUT2D eigenvalue weighted by Gasteiger charge is -2.06. The first-order valence-corrected chi connectivity index (χ1v) is 7.12. The molecule has 4 heteroatoms. The van der Waals surface area contributed by atoms with E-state index in [4.69, 9.17) is 12.2 Å². The third-order valence-electron chi connectivity index (χ3n) is 3.19. The molecule has 0 bridgehead atoms. The topological polar surface area (TPSA) is 41.6 Å². The van der Waals surface area contributed by atoms with Crippen LogP contribution < -0.4 is 0 Å². The fourth-order valence-corrected chi connectivity index (χ4v) is 2.49. The lowest BCUT2D eigenvalue weighted by atomic mass is 10.1. The van der Waals surface area contributed by atoms with Gasteiger partial charge in [0.15, 0.2) is 0 Å². The molecular weight excluding hydrogens is 266 g/mol. The fraction of sp³-hybridized carbons (Fsp3) is 0.188. The Bertz CT molecular complexity index is 808. The molecule has 0 fully saturated rings. The molecule has 3 nitrogen and oxygen atoms in total. The highest BCUT2D eigenvalue weighted by Crippen LogP contribution is 2.22. The number of aromatic amines is 1. The zero-order valence-electron chi connectivity index (χ0n) is 11.3. The van der Waals surface area contributed by atoms with E-state index in [1.54, 1.807) is 6.20 Å². The van der Waals surface area contributed by atoms with E-state index in [0.717, 1.165) is 40.8 Å². The van der Waals surface area contributed by atoms with Crippen molar-refractivity contribution >= 4 is 23.1 Å². The van der Waals surface area contributed by atoms with Crippen molar-refractivity contribution in [1.29, 1.82) is 0 Å². The number of aromatic nitrogens is 3. The van der Waals surface area contributed by atoms with Crippen molar-refractivity contribution in [3.05, 3.63) is 53.1 Å². The molecule has 3 rings (SSSR count). The highest BCUT2D eigenvalue weighted by atomic mass is 32.1. The van der Waals surface area contributed by atoms with Crippen molar-refractivity contribution in [3.63, 3.8) is 0 Å². The van der Waals surface area contributed by atoms with E-state index in [1.807, 2.05) is 18.2 Å². The Labute approximate surface area is 122 Å². The minimum absolute atomic E-state index is 0.633. The third-order valence-corrected chi connectivity index (χ3v) is 3.40. The Balaban J connectivity index is 2.12. The maximum atomic E-state index is 5.25. The molecule has 1 aromatic carbocycles. The van der Waals surface area contributed by atoms with Crippen molar-refractivity contribution in [2.24, 2.45) is 0 Å². The van der Waals surface area contributed by atoms with Crippen LogP contribution in [0.1, 0.15) is 19.2 Å². The Morgan fingerprint density at radius 2 is 2.10 bits per heavy atom. The van der Waals surface area contributed by atoms with Gasteiger partial charge in [0.25, 0.3) is 0 Å². The van der Waals surface area contributed by atoms with E-state index in [9.17, 15) is 0 Å². The maximum Gasteiger partial charge on any atom is 0.130 e. The smallest absolute Gasteiger partial charge is 0.130 e. The zero-order valence-corrected chi connectivity index (χ0v) is 12.1. The second-order valence-corrected chi connectivity index (χ2v) is 5.16. The van der Waals surface area contributed by atoms with Gasteiger partial charge in [0, 0.05) is 23.7 Å². The summed E-state index contributed by atoms with van der Waals surface area (Å²) in [5, 5.41) is 1.12. The average Bonchev–Trinajstić information content (AvgIpc) is 2.46. The predicted molar refractivity (Wildman–Crippen MR) is 84.2 cm³/mol. The van der Waals surface area contributed by atoms with Gasteiger partial charge in [-0.25, -0.2) is 4.98 Å². The van der Waals surface area contributed by atoms with E-state index >= 15 is 0 Å². The normalized spacial score (nSPS) is 10.8. The number of hydrogen-bond donors (Lipinski definition) is 1. The van der Waals surface area contributed by atoms with Crippen LogP contribution in [0.25, 0.3) is 22.2 Å². The Hall–Kier alpha value is -2.07. The molecule has 0 aliphatic heterocycles. The van der Waals surface area contributed by atoms with E-state index in [1.165, 1.54) is 0 Å². The van der Waals surface area contributed by atoms with Crippen LogP contribution in [-0.4, -0.2) is 15.0 Å². The third kappa shape index (κ3) is 2.60. The molecule has 0 atom stereocenters. The minimum atomic E-state index is 0.633. The largest absolute Gasteiger partial charge is 0.343 e. The van der Waals surface area contributed by atoms with Crippen molar-refractivity contribution in [2.75, 3.05) is 0 Å². The number of aryl methyl sites for hydroxylation is 1. The van der Waals surface area contributed by atoms with Gasteiger partial charge in [-0.2, -0.15) is 0 Å². The molecule has 0 aliphatic rings. The SMILES string of the molecule is CCCc1nc(=S)cc(-c2ccc3ncccc3c2)[nH]1. The molecule has 3 aromatic rings. The van der Waals surface area contributed by atoms with Crippen LogP contribution in [0.2, 0.25) is 0 Å². The maximum absolute atomic E-state index is 5.25. The molecule has 0 saturated carbocycles. The molecule has 100 valence electrons. The van der Waals surface area contributed by atoms with Crippen molar-refractivity contribution in [3.8, 4) is 11.3 Å². The molecule has 2 heterocycles. The second-order valence-electron chi connectivity index (χ2n) is 4.74. The average molecular weight is 281 g/mol. The highest BCUT2D eigenvalue weighted by molar-refractivity contribution is 7.71. The summed E-state index contributed by atoms with van der Waals surface area (Å²) in [6.45, 7) is 2.13. The zero-order chi connectivity index (χ0) is 13.9. The van der Waals surface area contributed by atoms with Crippen LogP contribution in [0.4, 0.5) is 0 Å². The van der Waals surface area contributed by atoms with Gasteiger partial charge in [0.05, 0.1) is 5.52 Å². The number of rotatable bonds is 3. The molecule has 0 unspecified atom stereocenters. The van der Waals surface area contributed by atoms with E-state index in [0.29, 0.717) is 4.64 Å². The summed E-state index contributed by atoms with van der Waals surface area (Å²) in [5.41, 5.74) is 3.12. The number of nitrogens with one attached hydrogen (secondary N) is 1. The number of benzene rings is 1. The minimum Gasteiger partial charge on any atom is -0.343 e. The number of H-pyrrole nitrogens is 1. The van der Waals surface area contributed by atoms with Crippen LogP contribution in [0.3, 0.4) is 0 Å². The van der Waals surface area contributed by atoms with Gasteiger partial charge in [-0.1, -0.05) is 31.3 Å². The Morgan fingerprint density at radius 3 is 2.95 bits per heavy atom. The predicted octanol–water partition coefficient (Wildman–Crippen LogP) is 4.31. The van der Waals surface area contributed by atoms with Crippen LogP contribution in [0.5, 0.6) is 0 Å². The van der Waals surface area contributed by atoms with Crippen LogP contribution in [0.15, 0.2) is 42.6 Å². The van der Waals surface area contributed by atoms with Gasteiger partial charge in [-0.15, -0.1) is 0 Å². The summed E-state index contributed by atoms with van der Waals surface area (Å²) < 4.78 is 0.633. The van der Waals surface area contributed by atoms with Crippen molar-refractivity contribution in [2.45, 2.75) is 19.8 Å². The van der Waals surface area contributed by atoms with Crippen LogP contribution in [-0.2, 0) is 6.42 Å². The van der Waals surface area contributed by atoms with Gasteiger partial charge >= 0.3 is 0 Å². The molecule has 1 N–H and O–H groups in total. The Kier molecular flexibility index (Phi) is 3.56. The lowest BCUT2D eigenvalue weighted by molar-refractivity contribution is 0.833. The molecule has 0 aliphatic carbocycles. The summed E-state index contributed by atoms with van der Waals surface area (Å²) in [6, 6.07) is 12.1. The highest BCUT2D eigenvalue weighted by Gasteiger charge is 2.03. The molecule has 0 saturated heterocycles. The molecule has 0 radical (unpaired) electrons. The van der Waals surface area contributed by atoms with Crippen LogP contribution in [0, 0.1) is 4.64 Å².